The van der Waals surface area contributed by atoms with E-state index in [1.54, 1.807) is 6.07 Å². The van der Waals surface area contributed by atoms with Gasteiger partial charge < -0.3 is 10.1 Å². The van der Waals surface area contributed by atoms with Crippen molar-refractivity contribution >= 4 is 17.5 Å². The monoisotopic (exact) mass is 522 g/mol. The van der Waals surface area contributed by atoms with Crippen LogP contribution in [0.1, 0.15) is 38.8 Å². The van der Waals surface area contributed by atoms with Crippen LogP contribution in [-0.4, -0.2) is 39.7 Å². The largest absolute Gasteiger partial charge is 0.426 e. The number of methoxy groups -OCH3 is 1. The highest BCUT2D eigenvalue weighted by Crippen LogP contribution is 2.33. The Hall–Kier alpha value is -3.24. The topological polar surface area (TPSA) is 97.0 Å². The van der Waals surface area contributed by atoms with Gasteiger partial charge in [0.15, 0.2) is 5.82 Å². The molecule has 7 nitrogen and oxygen atoms in total. The number of nitrogens with one attached hydrogen (secondary N) is 2. The maximum absolute atomic E-state index is 13.3. The number of H-pyrrole nitrogens is 1. The van der Waals surface area contributed by atoms with Crippen molar-refractivity contribution in [3.63, 3.8) is 0 Å². The van der Waals surface area contributed by atoms with E-state index in [0.717, 1.165) is 12.7 Å². The number of hydrogen-bond acceptors (Lipinski definition) is 5. The van der Waals surface area contributed by atoms with Crippen molar-refractivity contribution < 1.29 is 22.7 Å². The number of aromatic nitrogens is 3. The lowest BCUT2D eigenvalue weighted by molar-refractivity contribution is -0.253. The molecule has 0 aliphatic carbocycles. The molecule has 0 bridgehead atoms. The molecule has 1 amide bonds. The molecule has 192 valence electrons. The van der Waals surface area contributed by atoms with E-state index in [1.165, 1.54) is 18.2 Å². The number of nitrogens with zero attached hydrogens (tertiary/aromatic N) is 2. The lowest BCUT2D eigenvalue weighted by Gasteiger charge is -2.29. The van der Waals surface area contributed by atoms with Gasteiger partial charge in [0, 0.05) is 24.8 Å². The number of benzene rings is 2. The normalized spacial score (nSPS) is 13.8. The molecule has 1 aromatic heterocycles. The molecule has 2 aromatic carbocycles. The minimum absolute atomic E-state index is 0.126. The minimum atomic E-state index is -4.90. The summed E-state index contributed by atoms with van der Waals surface area (Å²) in [7, 11) is 0.813. The van der Waals surface area contributed by atoms with Crippen LogP contribution in [-0.2, 0) is 21.5 Å². The molecule has 1 heterocycles. The van der Waals surface area contributed by atoms with Crippen molar-refractivity contribution in [1.29, 1.82) is 0 Å². The lowest BCUT2D eigenvalue weighted by atomic mass is 9.86. The fraction of sp³-hybridized carbons (Fsp3) is 0.360. The molecule has 1 atom stereocenters. The highest BCUT2D eigenvalue weighted by atomic mass is 35.5. The van der Waals surface area contributed by atoms with Crippen LogP contribution in [0.5, 0.6) is 0 Å². The van der Waals surface area contributed by atoms with Crippen LogP contribution >= 0.6 is 11.6 Å². The van der Waals surface area contributed by atoms with Gasteiger partial charge >= 0.3 is 11.9 Å². The number of alkyl halides is 3. The summed E-state index contributed by atoms with van der Waals surface area (Å²) in [6, 6.07) is 12.1. The fourth-order valence-electron chi connectivity index (χ4n) is 3.32. The molecule has 1 unspecified atom stereocenters. The van der Waals surface area contributed by atoms with E-state index >= 15 is 0 Å². The summed E-state index contributed by atoms with van der Waals surface area (Å²) in [5.74, 6) is -1.03. The number of carbonyl (C=O) groups is 1. The predicted octanol–water partition coefficient (Wildman–Crippen LogP) is 5.03. The Balaban J connectivity index is 1.94. The molecule has 0 saturated heterocycles. The van der Waals surface area contributed by atoms with Gasteiger partial charge in [0.1, 0.15) is 5.82 Å². The summed E-state index contributed by atoms with van der Waals surface area (Å²) < 4.78 is 44.3. The maximum Gasteiger partial charge on any atom is 0.426 e. The van der Waals surface area contributed by atoms with E-state index in [4.69, 9.17) is 11.6 Å². The first-order valence-electron chi connectivity index (χ1n) is 10.9. The van der Waals surface area contributed by atoms with Gasteiger partial charge in [0.2, 0.25) is 5.60 Å². The van der Waals surface area contributed by atoms with Crippen LogP contribution < -0.4 is 11.0 Å². The first-order chi connectivity index (χ1) is 16.7. The maximum atomic E-state index is 13.3. The Bertz CT molecular complexity index is 1340. The molecule has 11 heteroatoms. The van der Waals surface area contributed by atoms with Gasteiger partial charge in [-0.2, -0.15) is 18.2 Å². The van der Waals surface area contributed by atoms with Crippen molar-refractivity contribution in [1.82, 2.24) is 20.3 Å². The van der Waals surface area contributed by atoms with Crippen LogP contribution in [0.3, 0.4) is 0 Å². The second kappa shape index (κ2) is 10.0. The van der Waals surface area contributed by atoms with E-state index < -0.39 is 23.4 Å². The predicted molar refractivity (Wildman–Crippen MR) is 131 cm³/mol. The minimum Gasteiger partial charge on any atom is -0.361 e. The smallest absolute Gasteiger partial charge is 0.361 e. The Morgan fingerprint density at radius 2 is 1.78 bits per heavy atom. The van der Waals surface area contributed by atoms with Crippen molar-refractivity contribution in [3.8, 4) is 22.8 Å². The Kier molecular flexibility index (Phi) is 7.61. The second-order valence-electron chi connectivity index (χ2n) is 9.39. The van der Waals surface area contributed by atoms with Crippen LogP contribution in [0.2, 0.25) is 5.02 Å². The second-order valence-corrected chi connectivity index (χ2v) is 9.80. The summed E-state index contributed by atoms with van der Waals surface area (Å²) >= 11 is 6.35. The summed E-state index contributed by atoms with van der Waals surface area (Å²) in [6.45, 7) is 6.59. The molecule has 2 N–H and O–H groups in total. The summed E-state index contributed by atoms with van der Waals surface area (Å²) in [4.78, 5) is 35.6. The molecule has 0 saturated carbocycles. The Morgan fingerprint density at radius 3 is 2.39 bits per heavy atom. The molecular weight excluding hydrogens is 497 g/mol. The van der Waals surface area contributed by atoms with Gasteiger partial charge in [-0.15, -0.1) is 0 Å². The van der Waals surface area contributed by atoms with Gasteiger partial charge in [-0.1, -0.05) is 56.6 Å². The molecule has 3 aromatic rings. The van der Waals surface area contributed by atoms with Gasteiger partial charge in [0.05, 0.1) is 5.02 Å². The van der Waals surface area contributed by atoms with Crippen molar-refractivity contribution in [3.05, 3.63) is 69.1 Å². The van der Waals surface area contributed by atoms with Crippen molar-refractivity contribution in [2.45, 2.75) is 51.4 Å². The van der Waals surface area contributed by atoms with Crippen molar-refractivity contribution in [2.75, 3.05) is 7.11 Å². The number of halogens is 4. The highest BCUT2D eigenvalue weighted by molar-refractivity contribution is 6.33. The standard InChI is InChI=1S/C25H26ClF3N4O3/c1-23(2,3)16-8-6-7-15(12-16)19-31-20(33-22(35)32-19)17-11-14(9-10-18(17)26)13-30-21(34)24(4,36-5)25(27,28)29/h6-12H,13H2,1-5H3,(H,30,34)(H,31,32,33,35). The zero-order chi connectivity index (χ0) is 26.9. The molecule has 36 heavy (non-hydrogen) atoms. The summed E-state index contributed by atoms with van der Waals surface area (Å²) in [5, 5.41) is 2.47. The average molecular weight is 523 g/mol. The Labute approximate surface area is 211 Å². The quantitative estimate of drug-likeness (QED) is 0.473. The third-order valence-electron chi connectivity index (χ3n) is 5.76. The van der Waals surface area contributed by atoms with Gasteiger partial charge in [-0.25, -0.2) is 9.78 Å². The molecule has 0 fully saturated rings. The molecular formula is C25H26ClF3N4O3. The number of carbonyl (C=O) groups excluding carboxylic acids is 1. The number of ether oxygens (including phenoxy) is 1. The van der Waals surface area contributed by atoms with E-state index in [-0.39, 0.29) is 28.6 Å². The SMILES string of the molecule is COC(C)(C(=O)NCc1ccc(Cl)c(-c2nc(-c3cccc(C(C)(C)C)c3)nc(=O)[nH]2)c1)C(F)(F)F. The number of aromatic amines is 1. The molecule has 0 aliphatic rings. The molecule has 0 aliphatic heterocycles. The third kappa shape index (κ3) is 5.76. The molecule has 3 rings (SSSR count). The van der Waals surface area contributed by atoms with Gasteiger partial charge in [-0.05, 0) is 41.7 Å². The third-order valence-corrected chi connectivity index (χ3v) is 6.09. The van der Waals surface area contributed by atoms with Gasteiger partial charge in [-0.3, -0.25) is 9.78 Å². The van der Waals surface area contributed by atoms with Crippen LogP contribution in [0.15, 0.2) is 47.3 Å². The zero-order valence-electron chi connectivity index (χ0n) is 20.4. The van der Waals surface area contributed by atoms with Crippen LogP contribution in [0.25, 0.3) is 22.8 Å². The van der Waals surface area contributed by atoms with E-state index in [9.17, 15) is 22.8 Å². The van der Waals surface area contributed by atoms with E-state index in [1.807, 2.05) is 18.2 Å². The van der Waals surface area contributed by atoms with Crippen molar-refractivity contribution in [2.24, 2.45) is 0 Å². The van der Waals surface area contributed by atoms with Crippen LogP contribution in [0, 0.1) is 0 Å². The van der Waals surface area contributed by atoms with Crippen LogP contribution in [0.4, 0.5) is 13.2 Å². The molecule has 0 radical (unpaired) electrons. The Morgan fingerprint density at radius 1 is 1.08 bits per heavy atom. The fourth-order valence-corrected chi connectivity index (χ4v) is 3.52. The average Bonchev–Trinajstić information content (AvgIpc) is 2.81. The molecule has 0 spiro atoms. The van der Waals surface area contributed by atoms with E-state index in [2.05, 4.69) is 45.8 Å². The summed E-state index contributed by atoms with van der Waals surface area (Å²) in [5.41, 5.74) is -1.36. The first kappa shape index (κ1) is 27.3. The summed E-state index contributed by atoms with van der Waals surface area (Å²) in [6.07, 6.45) is -4.90. The number of amides is 1. The lowest BCUT2D eigenvalue weighted by Crippen LogP contribution is -2.55. The first-order valence-corrected chi connectivity index (χ1v) is 11.3. The van der Waals surface area contributed by atoms with E-state index in [0.29, 0.717) is 23.6 Å². The highest BCUT2D eigenvalue weighted by Gasteiger charge is 2.57. The zero-order valence-corrected chi connectivity index (χ0v) is 21.1. The number of hydrogen-bond donors (Lipinski definition) is 2. The number of rotatable bonds is 6. The van der Waals surface area contributed by atoms with Gasteiger partial charge in [0.25, 0.3) is 5.91 Å².